The lowest BCUT2D eigenvalue weighted by molar-refractivity contribution is 0.0843. The smallest absolute Gasteiger partial charge is 0.00955 e. The Labute approximate surface area is 83.3 Å². The summed E-state index contributed by atoms with van der Waals surface area (Å²) in [5.74, 6) is 1.69. The van der Waals surface area contributed by atoms with Crippen LogP contribution in [0.2, 0.25) is 0 Å². The van der Waals surface area contributed by atoms with Gasteiger partial charge in [-0.2, -0.15) is 0 Å². The van der Waals surface area contributed by atoms with Crippen molar-refractivity contribution < 1.29 is 0 Å². The Hall–Kier alpha value is -0.0400. The molecule has 0 unspecified atom stereocenters. The van der Waals surface area contributed by atoms with Crippen LogP contribution in [0.1, 0.15) is 47.5 Å². The fraction of sp³-hybridized carbons (Fsp3) is 1.00. The minimum atomic E-state index is 0.547. The highest BCUT2D eigenvalue weighted by molar-refractivity contribution is 4.90. The minimum Gasteiger partial charge on any atom is -0.314 e. The van der Waals surface area contributed by atoms with Gasteiger partial charge in [-0.1, -0.05) is 34.6 Å². The number of nitrogens with one attached hydrogen (secondary N) is 1. The molecule has 3 atom stereocenters. The van der Waals surface area contributed by atoms with Crippen molar-refractivity contribution in [2.24, 2.45) is 17.3 Å². The largest absolute Gasteiger partial charge is 0.314 e. The van der Waals surface area contributed by atoms with E-state index < -0.39 is 0 Å². The first-order valence-electron chi connectivity index (χ1n) is 5.70. The average molecular weight is 183 g/mol. The molecular weight excluding hydrogens is 158 g/mol. The van der Waals surface area contributed by atoms with Gasteiger partial charge in [-0.05, 0) is 36.6 Å². The van der Waals surface area contributed by atoms with Crippen LogP contribution in [0.25, 0.3) is 0 Å². The highest BCUT2D eigenvalue weighted by Crippen LogP contribution is 2.42. The van der Waals surface area contributed by atoms with Gasteiger partial charge in [0, 0.05) is 6.04 Å². The van der Waals surface area contributed by atoms with Crippen molar-refractivity contribution in [3.05, 3.63) is 0 Å². The van der Waals surface area contributed by atoms with Gasteiger partial charge < -0.3 is 5.32 Å². The third-order valence-electron chi connectivity index (χ3n) is 3.94. The van der Waals surface area contributed by atoms with Crippen LogP contribution in [-0.4, -0.2) is 12.6 Å². The lowest BCUT2D eigenvalue weighted by Crippen LogP contribution is -2.45. The molecule has 0 aromatic rings. The van der Waals surface area contributed by atoms with Crippen LogP contribution < -0.4 is 5.32 Å². The Morgan fingerprint density at radius 1 is 1.31 bits per heavy atom. The fourth-order valence-corrected chi connectivity index (χ4v) is 2.65. The van der Waals surface area contributed by atoms with Gasteiger partial charge in [-0.25, -0.2) is 0 Å². The zero-order valence-electron chi connectivity index (χ0n) is 9.85. The molecule has 13 heavy (non-hydrogen) atoms. The van der Waals surface area contributed by atoms with Crippen molar-refractivity contribution in [2.75, 3.05) is 6.54 Å². The fourth-order valence-electron chi connectivity index (χ4n) is 2.65. The van der Waals surface area contributed by atoms with Crippen molar-refractivity contribution in [3.8, 4) is 0 Å². The Kier molecular flexibility index (Phi) is 3.39. The maximum absolute atomic E-state index is 3.60. The minimum absolute atomic E-state index is 0.547. The monoisotopic (exact) mass is 183 g/mol. The van der Waals surface area contributed by atoms with Crippen LogP contribution >= 0.6 is 0 Å². The molecule has 0 heterocycles. The quantitative estimate of drug-likeness (QED) is 0.694. The molecule has 1 nitrogen and oxygen atoms in total. The van der Waals surface area contributed by atoms with Gasteiger partial charge in [-0.3, -0.25) is 0 Å². The van der Waals surface area contributed by atoms with E-state index in [1.54, 1.807) is 0 Å². The number of hydrogen-bond acceptors (Lipinski definition) is 1. The molecule has 1 saturated carbocycles. The summed E-state index contributed by atoms with van der Waals surface area (Å²) >= 11 is 0. The normalized spacial score (nSPS) is 39.0. The van der Waals surface area contributed by atoms with Crippen molar-refractivity contribution in [1.29, 1.82) is 0 Å². The van der Waals surface area contributed by atoms with Crippen LogP contribution in [0.15, 0.2) is 0 Å². The Morgan fingerprint density at radius 2 is 1.92 bits per heavy atom. The predicted molar refractivity (Wildman–Crippen MR) is 58.8 cm³/mol. The summed E-state index contributed by atoms with van der Waals surface area (Å²) in [5, 5.41) is 3.60. The highest BCUT2D eigenvalue weighted by Gasteiger charge is 2.37. The van der Waals surface area contributed by atoms with E-state index in [0.717, 1.165) is 24.4 Å². The van der Waals surface area contributed by atoms with Crippen molar-refractivity contribution in [3.63, 3.8) is 0 Å². The van der Waals surface area contributed by atoms with Gasteiger partial charge in [0.1, 0.15) is 0 Å². The van der Waals surface area contributed by atoms with Crippen LogP contribution in [-0.2, 0) is 0 Å². The van der Waals surface area contributed by atoms with Crippen LogP contribution in [0.5, 0.6) is 0 Å². The zero-order valence-corrected chi connectivity index (χ0v) is 9.85. The summed E-state index contributed by atoms with van der Waals surface area (Å²) in [4.78, 5) is 0. The van der Waals surface area contributed by atoms with E-state index in [-0.39, 0.29) is 0 Å². The maximum Gasteiger partial charge on any atom is 0.00955 e. The molecular formula is C12H25N. The van der Waals surface area contributed by atoms with E-state index in [4.69, 9.17) is 0 Å². The highest BCUT2D eigenvalue weighted by atomic mass is 14.9. The first-order valence-corrected chi connectivity index (χ1v) is 5.70. The number of rotatable bonds is 2. The summed E-state index contributed by atoms with van der Waals surface area (Å²) in [6.07, 6.45) is 2.72. The van der Waals surface area contributed by atoms with Gasteiger partial charge in [0.25, 0.3) is 0 Å². The second-order valence-corrected chi connectivity index (χ2v) is 5.47. The molecule has 0 aromatic heterocycles. The molecule has 1 aliphatic carbocycles. The van der Waals surface area contributed by atoms with E-state index in [1.165, 1.54) is 12.8 Å². The molecule has 0 aliphatic heterocycles. The molecule has 0 bridgehead atoms. The predicted octanol–water partition coefficient (Wildman–Crippen LogP) is 3.06. The van der Waals surface area contributed by atoms with Crippen LogP contribution in [0.4, 0.5) is 0 Å². The first kappa shape index (κ1) is 11.0. The van der Waals surface area contributed by atoms with E-state index in [9.17, 15) is 0 Å². The lowest BCUT2D eigenvalue weighted by atomic mass is 9.64. The SMILES string of the molecule is CCN[C@H]1C[C@@H](C)C(C)(C)C[C@@H]1C. The van der Waals surface area contributed by atoms with Gasteiger partial charge in [0.2, 0.25) is 0 Å². The van der Waals surface area contributed by atoms with Crippen molar-refractivity contribution in [2.45, 2.75) is 53.5 Å². The second kappa shape index (κ2) is 4.00. The van der Waals surface area contributed by atoms with Gasteiger partial charge >= 0.3 is 0 Å². The summed E-state index contributed by atoms with van der Waals surface area (Å²) in [6.45, 7) is 12.9. The molecule has 78 valence electrons. The third-order valence-corrected chi connectivity index (χ3v) is 3.94. The van der Waals surface area contributed by atoms with Crippen molar-refractivity contribution >= 4 is 0 Å². The summed E-state index contributed by atoms with van der Waals surface area (Å²) in [5.41, 5.74) is 0.547. The van der Waals surface area contributed by atoms with Gasteiger partial charge in [0.15, 0.2) is 0 Å². The van der Waals surface area contributed by atoms with E-state index in [1.807, 2.05) is 0 Å². The molecule has 0 aromatic carbocycles. The van der Waals surface area contributed by atoms with Crippen LogP contribution in [0.3, 0.4) is 0 Å². The van der Waals surface area contributed by atoms with Crippen LogP contribution in [0, 0.1) is 17.3 Å². The van der Waals surface area contributed by atoms with Gasteiger partial charge in [0.05, 0.1) is 0 Å². The molecule has 1 heteroatoms. The molecule has 0 radical (unpaired) electrons. The molecule has 0 amide bonds. The topological polar surface area (TPSA) is 12.0 Å². The second-order valence-electron chi connectivity index (χ2n) is 5.47. The first-order chi connectivity index (χ1) is 5.97. The molecule has 0 saturated heterocycles. The van der Waals surface area contributed by atoms with Gasteiger partial charge in [-0.15, -0.1) is 0 Å². The maximum atomic E-state index is 3.60. The average Bonchev–Trinajstić information content (AvgIpc) is 2.00. The molecule has 1 rings (SSSR count). The van der Waals surface area contributed by atoms with E-state index in [2.05, 4.69) is 39.9 Å². The molecule has 1 aliphatic rings. The Balaban J connectivity index is 2.57. The third kappa shape index (κ3) is 2.46. The summed E-state index contributed by atoms with van der Waals surface area (Å²) in [6, 6.07) is 0.757. The van der Waals surface area contributed by atoms with Crippen molar-refractivity contribution in [1.82, 2.24) is 5.32 Å². The van der Waals surface area contributed by atoms with E-state index >= 15 is 0 Å². The Bertz CT molecular complexity index is 163. The molecule has 0 spiro atoms. The lowest BCUT2D eigenvalue weighted by Gasteiger charge is -2.44. The summed E-state index contributed by atoms with van der Waals surface area (Å²) < 4.78 is 0. The number of hydrogen-bond donors (Lipinski definition) is 1. The summed E-state index contributed by atoms with van der Waals surface area (Å²) in [7, 11) is 0. The molecule has 1 N–H and O–H groups in total. The zero-order chi connectivity index (χ0) is 10.1. The Morgan fingerprint density at radius 3 is 2.46 bits per heavy atom. The standard InChI is InChI=1S/C12H25N/c1-6-13-11-7-10(3)12(4,5)8-9(11)2/h9-11,13H,6-8H2,1-5H3/t9-,10+,11-/m0/s1. The van der Waals surface area contributed by atoms with E-state index in [0.29, 0.717) is 5.41 Å². The molecule has 1 fully saturated rings.